The van der Waals surface area contributed by atoms with Crippen molar-refractivity contribution in [1.82, 2.24) is 20.0 Å². The van der Waals surface area contributed by atoms with Crippen LogP contribution in [0, 0.1) is 11.8 Å². The van der Waals surface area contributed by atoms with Crippen molar-refractivity contribution >= 4 is 6.03 Å². The summed E-state index contributed by atoms with van der Waals surface area (Å²) in [6.07, 6.45) is 2.37. The predicted molar refractivity (Wildman–Crippen MR) is 101 cm³/mol. The van der Waals surface area contributed by atoms with Crippen LogP contribution in [0.2, 0.25) is 0 Å². The molecule has 5 nitrogen and oxygen atoms in total. The second-order valence-electron chi connectivity index (χ2n) is 7.96. The minimum Gasteiger partial charge on any atom is -0.335 e. The molecule has 3 atom stereocenters. The molecular formula is C20H32N4O. The summed E-state index contributed by atoms with van der Waals surface area (Å²) in [5, 5.41) is 3.30. The van der Waals surface area contributed by atoms with E-state index in [4.69, 9.17) is 0 Å². The molecule has 5 heteroatoms. The van der Waals surface area contributed by atoms with Gasteiger partial charge in [0.15, 0.2) is 0 Å². The molecule has 2 amide bonds. The van der Waals surface area contributed by atoms with Gasteiger partial charge in [-0.2, -0.15) is 0 Å². The number of nitrogens with one attached hydrogen (secondary N) is 1. The van der Waals surface area contributed by atoms with Gasteiger partial charge in [-0.3, -0.25) is 4.90 Å². The molecule has 1 aromatic carbocycles. The first-order valence-electron chi connectivity index (χ1n) is 9.45. The number of benzene rings is 1. The van der Waals surface area contributed by atoms with E-state index < -0.39 is 0 Å². The van der Waals surface area contributed by atoms with Crippen molar-refractivity contribution in [2.24, 2.45) is 11.8 Å². The number of amides is 2. The number of likely N-dealkylation sites (tertiary alicyclic amines) is 1. The number of fused-ring (bicyclic) bond motifs is 1. The van der Waals surface area contributed by atoms with Gasteiger partial charge in [-0.15, -0.1) is 0 Å². The summed E-state index contributed by atoms with van der Waals surface area (Å²) in [5.41, 5.74) is 1.38. The van der Waals surface area contributed by atoms with Crippen molar-refractivity contribution in [3.63, 3.8) is 0 Å². The van der Waals surface area contributed by atoms with Gasteiger partial charge in [0.25, 0.3) is 0 Å². The third kappa shape index (κ3) is 4.73. The van der Waals surface area contributed by atoms with Gasteiger partial charge in [0.2, 0.25) is 0 Å². The van der Waals surface area contributed by atoms with Crippen LogP contribution in [0.3, 0.4) is 0 Å². The Morgan fingerprint density at radius 3 is 2.60 bits per heavy atom. The standard InChI is InChI=1S/C20H32N4O/c1-22(2)11-12-23(3)20(25)21-19-10-9-17-14-24(15-18(17)19)13-16-7-5-4-6-8-16/h4-8,17-19H,9-15H2,1-3H3,(H,21,25)/t17-,18-,19-/m1/s1. The molecule has 1 aromatic rings. The van der Waals surface area contributed by atoms with Crippen LogP contribution < -0.4 is 5.32 Å². The molecule has 0 aromatic heterocycles. The maximum atomic E-state index is 12.5. The molecule has 1 saturated carbocycles. The van der Waals surface area contributed by atoms with Crippen molar-refractivity contribution in [3.05, 3.63) is 35.9 Å². The molecular weight excluding hydrogens is 312 g/mol. The largest absolute Gasteiger partial charge is 0.335 e. The van der Waals surface area contributed by atoms with Crippen LogP contribution >= 0.6 is 0 Å². The Morgan fingerprint density at radius 2 is 1.88 bits per heavy atom. The second kappa shape index (κ2) is 8.19. The molecule has 25 heavy (non-hydrogen) atoms. The highest BCUT2D eigenvalue weighted by Crippen LogP contribution is 2.38. The van der Waals surface area contributed by atoms with E-state index in [-0.39, 0.29) is 6.03 Å². The molecule has 1 saturated heterocycles. The molecule has 0 unspecified atom stereocenters. The Hall–Kier alpha value is -1.59. The molecule has 2 fully saturated rings. The first-order chi connectivity index (χ1) is 12.0. The number of carbonyl (C=O) groups excluding carboxylic acids is 1. The van der Waals surface area contributed by atoms with E-state index in [0.717, 1.165) is 38.5 Å². The van der Waals surface area contributed by atoms with Crippen LogP contribution in [0.1, 0.15) is 18.4 Å². The lowest BCUT2D eigenvalue weighted by molar-refractivity contribution is 0.195. The Labute approximate surface area is 152 Å². The average Bonchev–Trinajstić information content (AvgIpc) is 3.14. The van der Waals surface area contributed by atoms with Crippen molar-refractivity contribution in [2.75, 3.05) is 47.3 Å². The van der Waals surface area contributed by atoms with Gasteiger partial charge in [-0.1, -0.05) is 30.3 Å². The van der Waals surface area contributed by atoms with Crippen molar-refractivity contribution < 1.29 is 4.79 Å². The summed E-state index contributed by atoms with van der Waals surface area (Å²) < 4.78 is 0. The van der Waals surface area contributed by atoms with E-state index in [1.54, 1.807) is 0 Å². The number of carbonyl (C=O) groups is 1. The summed E-state index contributed by atoms with van der Waals surface area (Å²) in [6, 6.07) is 11.1. The van der Waals surface area contributed by atoms with E-state index in [2.05, 4.69) is 45.4 Å². The topological polar surface area (TPSA) is 38.8 Å². The first kappa shape index (κ1) is 18.2. The van der Waals surface area contributed by atoms with E-state index in [9.17, 15) is 4.79 Å². The van der Waals surface area contributed by atoms with Crippen LogP contribution in [0.5, 0.6) is 0 Å². The normalized spacial score (nSPS) is 26.0. The number of hydrogen-bond donors (Lipinski definition) is 1. The zero-order valence-electron chi connectivity index (χ0n) is 15.8. The number of hydrogen-bond acceptors (Lipinski definition) is 3. The summed E-state index contributed by atoms with van der Waals surface area (Å²) in [5.74, 6) is 1.34. The Balaban J connectivity index is 1.49. The maximum absolute atomic E-state index is 12.5. The van der Waals surface area contributed by atoms with Crippen LogP contribution in [0.4, 0.5) is 4.79 Å². The van der Waals surface area contributed by atoms with Gasteiger partial charge in [-0.25, -0.2) is 4.79 Å². The molecule has 1 heterocycles. The summed E-state index contributed by atoms with van der Waals surface area (Å²) >= 11 is 0. The Kier molecular flexibility index (Phi) is 5.97. The van der Waals surface area contributed by atoms with Crippen LogP contribution in [-0.2, 0) is 6.54 Å². The Morgan fingerprint density at radius 1 is 1.12 bits per heavy atom. The quantitative estimate of drug-likeness (QED) is 0.859. The summed E-state index contributed by atoms with van der Waals surface area (Å²) in [7, 11) is 5.96. The first-order valence-corrected chi connectivity index (χ1v) is 9.45. The highest BCUT2D eigenvalue weighted by atomic mass is 16.2. The maximum Gasteiger partial charge on any atom is 0.317 e. The molecule has 3 rings (SSSR count). The summed E-state index contributed by atoms with van der Waals surface area (Å²) in [4.78, 5) is 18.9. The molecule has 2 aliphatic rings. The lowest BCUT2D eigenvalue weighted by Gasteiger charge is -2.26. The fraction of sp³-hybridized carbons (Fsp3) is 0.650. The van der Waals surface area contributed by atoms with Gasteiger partial charge in [0.1, 0.15) is 0 Å². The predicted octanol–water partition coefficient (Wildman–Crippen LogP) is 2.10. The minimum absolute atomic E-state index is 0.0778. The third-order valence-corrected chi connectivity index (χ3v) is 5.72. The van der Waals surface area contributed by atoms with E-state index in [0.29, 0.717) is 12.0 Å². The number of likely N-dealkylation sites (N-methyl/N-ethyl adjacent to an activating group) is 2. The second-order valence-corrected chi connectivity index (χ2v) is 7.96. The van der Waals surface area contributed by atoms with E-state index in [1.165, 1.54) is 18.5 Å². The van der Waals surface area contributed by atoms with Gasteiger partial charge in [0, 0.05) is 45.8 Å². The average molecular weight is 345 g/mol. The SMILES string of the molecule is CN(C)CCN(C)C(=O)N[C@@H]1CC[C@@H]2CN(Cc3ccccc3)C[C@H]21. The van der Waals surface area contributed by atoms with Gasteiger partial charge >= 0.3 is 6.03 Å². The molecule has 138 valence electrons. The molecule has 0 radical (unpaired) electrons. The zero-order valence-corrected chi connectivity index (χ0v) is 15.8. The zero-order chi connectivity index (χ0) is 17.8. The Bertz CT molecular complexity index is 562. The third-order valence-electron chi connectivity index (χ3n) is 5.72. The van der Waals surface area contributed by atoms with Gasteiger partial charge < -0.3 is 15.1 Å². The highest BCUT2D eigenvalue weighted by Gasteiger charge is 2.43. The minimum atomic E-state index is 0.0778. The molecule has 1 N–H and O–H groups in total. The molecule has 1 aliphatic heterocycles. The lowest BCUT2D eigenvalue weighted by Crippen LogP contribution is -2.47. The fourth-order valence-electron chi connectivity index (χ4n) is 4.23. The molecule has 1 aliphatic carbocycles. The molecule has 0 spiro atoms. The number of rotatable bonds is 6. The smallest absolute Gasteiger partial charge is 0.317 e. The number of nitrogens with zero attached hydrogens (tertiary/aromatic N) is 3. The van der Waals surface area contributed by atoms with Crippen LogP contribution in [-0.4, -0.2) is 74.1 Å². The van der Waals surface area contributed by atoms with Crippen LogP contribution in [0.25, 0.3) is 0 Å². The summed E-state index contributed by atoms with van der Waals surface area (Å²) in [6.45, 7) is 4.96. The monoisotopic (exact) mass is 344 g/mol. The van der Waals surface area contributed by atoms with Crippen molar-refractivity contribution in [3.8, 4) is 0 Å². The van der Waals surface area contributed by atoms with E-state index in [1.807, 2.05) is 26.0 Å². The molecule has 0 bridgehead atoms. The van der Waals surface area contributed by atoms with Crippen molar-refractivity contribution in [2.45, 2.75) is 25.4 Å². The van der Waals surface area contributed by atoms with Crippen LogP contribution in [0.15, 0.2) is 30.3 Å². The van der Waals surface area contributed by atoms with E-state index >= 15 is 0 Å². The van der Waals surface area contributed by atoms with Crippen molar-refractivity contribution in [1.29, 1.82) is 0 Å². The lowest BCUT2D eigenvalue weighted by atomic mass is 9.98. The highest BCUT2D eigenvalue weighted by molar-refractivity contribution is 5.74. The number of urea groups is 1. The fourth-order valence-corrected chi connectivity index (χ4v) is 4.23. The van der Waals surface area contributed by atoms with Gasteiger partial charge in [0.05, 0.1) is 0 Å². The van der Waals surface area contributed by atoms with Gasteiger partial charge in [-0.05, 0) is 44.3 Å².